The number of hydrogen-bond donors (Lipinski definition) is 0. The Balaban J connectivity index is 2.63. The van der Waals surface area contributed by atoms with Crippen LogP contribution >= 0.6 is 11.6 Å². The van der Waals surface area contributed by atoms with Crippen molar-refractivity contribution in [1.82, 2.24) is 0 Å². The van der Waals surface area contributed by atoms with E-state index in [0.29, 0.717) is 11.4 Å². The van der Waals surface area contributed by atoms with Crippen LogP contribution in [0.1, 0.15) is 24.5 Å². The van der Waals surface area contributed by atoms with Gasteiger partial charge in [-0.3, -0.25) is 4.79 Å². The summed E-state index contributed by atoms with van der Waals surface area (Å²) in [6.45, 7) is 3.78. The van der Waals surface area contributed by atoms with Gasteiger partial charge in [0.1, 0.15) is 0 Å². The van der Waals surface area contributed by atoms with Crippen LogP contribution in [0.2, 0.25) is 5.02 Å². The summed E-state index contributed by atoms with van der Waals surface area (Å²) < 4.78 is 4.84. The Hall–Kier alpha value is -1.46. The van der Waals surface area contributed by atoms with Crippen LogP contribution < -0.4 is 0 Å². The Morgan fingerprint density at radius 3 is 2.94 bits per heavy atom. The minimum atomic E-state index is -0.239. The summed E-state index contributed by atoms with van der Waals surface area (Å²) in [7, 11) is 0. The maximum atomic E-state index is 10.8. The molecule has 0 aliphatic heterocycles. The molecule has 84 valence electrons. The van der Waals surface area contributed by atoms with Crippen molar-refractivity contribution in [2.24, 2.45) is 0 Å². The average molecular weight is 237 g/mol. The van der Waals surface area contributed by atoms with Crippen molar-refractivity contribution in [3.63, 3.8) is 0 Å². The molecule has 0 spiro atoms. The van der Waals surface area contributed by atoms with Crippen LogP contribution in [-0.4, -0.2) is 12.6 Å². The summed E-state index contributed by atoms with van der Waals surface area (Å²) >= 11 is 5.95. The Morgan fingerprint density at radius 1 is 1.50 bits per heavy atom. The summed E-state index contributed by atoms with van der Waals surface area (Å²) in [5.74, 6) is 5.47. The predicted octanol–water partition coefficient (Wildman–Crippen LogP) is 2.95. The molecule has 0 atom stereocenters. The number of carbonyl (C=O) groups excluding carboxylic acids is 1. The average Bonchev–Trinajstić information content (AvgIpc) is 2.29. The lowest BCUT2D eigenvalue weighted by molar-refractivity contribution is -0.141. The molecule has 0 aliphatic carbocycles. The molecule has 0 radical (unpaired) electrons. The van der Waals surface area contributed by atoms with E-state index in [2.05, 4.69) is 11.8 Å². The third kappa shape index (κ3) is 3.60. The lowest BCUT2D eigenvalue weighted by atomic mass is 10.1. The molecule has 0 aromatic heterocycles. The first-order chi connectivity index (χ1) is 7.65. The second kappa shape index (κ2) is 6.19. The molecule has 16 heavy (non-hydrogen) atoms. The van der Waals surface area contributed by atoms with Crippen molar-refractivity contribution in [3.8, 4) is 11.8 Å². The molecule has 0 unspecified atom stereocenters. The van der Waals surface area contributed by atoms with Crippen molar-refractivity contribution in [1.29, 1.82) is 0 Å². The van der Waals surface area contributed by atoms with E-state index in [1.165, 1.54) is 0 Å². The molecule has 2 nitrogen and oxygen atoms in total. The number of hydrogen-bond acceptors (Lipinski definition) is 2. The van der Waals surface area contributed by atoms with Gasteiger partial charge >= 0.3 is 5.97 Å². The van der Waals surface area contributed by atoms with Gasteiger partial charge in [-0.2, -0.15) is 0 Å². The highest BCUT2D eigenvalue weighted by atomic mass is 35.5. The number of rotatable bonds is 2. The third-order valence-corrected chi connectivity index (χ3v) is 2.49. The zero-order chi connectivity index (χ0) is 12.0. The van der Waals surface area contributed by atoms with E-state index in [-0.39, 0.29) is 12.6 Å². The van der Waals surface area contributed by atoms with Gasteiger partial charge in [0.2, 0.25) is 0 Å². The molecule has 3 heteroatoms. The normalized spacial score (nSPS) is 9.19. The Bertz CT molecular complexity index is 441. The highest BCUT2D eigenvalue weighted by Crippen LogP contribution is 2.17. The molecule has 0 fully saturated rings. The Kier molecular flexibility index (Phi) is 4.88. The molecule has 0 aliphatic rings. The lowest BCUT2D eigenvalue weighted by Crippen LogP contribution is -2.01. The Labute approximate surface area is 101 Å². The quantitative estimate of drug-likeness (QED) is 0.583. The zero-order valence-corrected chi connectivity index (χ0v) is 10.1. The number of ether oxygens (including phenoxy) is 1. The van der Waals surface area contributed by atoms with Gasteiger partial charge < -0.3 is 4.74 Å². The van der Waals surface area contributed by atoms with Crippen LogP contribution in [0.5, 0.6) is 0 Å². The fraction of sp³-hybridized carbons (Fsp3) is 0.308. The molecule has 1 rings (SSSR count). The van der Waals surface area contributed by atoms with Crippen LogP contribution in [0.3, 0.4) is 0 Å². The van der Waals surface area contributed by atoms with E-state index < -0.39 is 0 Å². The van der Waals surface area contributed by atoms with Crippen LogP contribution in [0.25, 0.3) is 0 Å². The minimum Gasteiger partial charge on any atom is -0.452 e. The monoisotopic (exact) mass is 236 g/mol. The van der Waals surface area contributed by atoms with Crippen LogP contribution in [0.15, 0.2) is 18.2 Å². The largest absolute Gasteiger partial charge is 0.452 e. The van der Waals surface area contributed by atoms with Crippen molar-refractivity contribution in [2.45, 2.75) is 20.3 Å². The fourth-order valence-electron chi connectivity index (χ4n) is 1.09. The molecular weight excluding hydrogens is 224 g/mol. The zero-order valence-electron chi connectivity index (χ0n) is 9.34. The fourth-order valence-corrected chi connectivity index (χ4v) is 1.27. The molecule has 1 aromatic rings. The summed E-state index contributed by atoms with van der Waals surface area (Å²) in [6.07, 6.45) is 0.373. The second-order valence-corrected chi connectivity index (χ2v) is 3.64. The third-order valence-electron chi connectivity index (χ3n) is 2.08. The van der Waals surface area contributed by atoms with Crippen molar-refractivity contribution in [2.75, 3.05) is 6.61 Å². The molecule has 1 aromatic carbocycles. The number of carbonyl (C=O) groups is 1. The summed E-state index contributed by atoms with van der Waals surface area (Å²) in [5, 5.41) is 0.692. The van der Waals surface area contributed by atoms with Gasteiger partial charge in [-0.05, 0) is 24.6 Å². The lowest BCUT2D eigenvalue weighted by Gasteiger charge is -1.99. The summed E-state index contributed by atoms with van der Waals surface area (Å²) in [4.78, 5) is 10.8. The van der Waals surface area contributed by atoms with Crippen molar-refractivity contribution >= 4 is 17.6 Å². The van der Waals surface area contributed by atoms with Gasteiger partial charge in [0.25, 0.3) is 0 Å². The van der Waals surface area contributed by atoms with Crippen LogP contribution in [-0.2, 0) is 9.53 Å². The van der Waals surface area contributed by atoms with Crippen LogP contribution in [0.4, 0.5) is 0 Å². The maximum absolute atomic E-state index is 10.8. The van der Waals surface area contributed by atoms with Gasteiger partial charge in [0, 0.05) is 17.0 Å². The van der Waals surface area contributed by atoms with E-state index in [9.17, 15) is 4.79 Å². The second-order valence-electron chi connectivity index (χ2n) is 3.23. The molecule has 0 bridgehead atoms. The van der Waals surface area contributed by atoms with E-state index in [1.54, 1.807) is 6.92 Å². The smallest absolute Gasteiger partial charge is 0.306 e. The van der Waals surface area contributed by atoms with Crippen molar-refractivity contribution in [3.05, 3.63) is 34.3 Å². The summed E-state index contributed by atoms with van der Waals surface area (Å²) in [6, 6.07) is 5.55. The topological polar surface area (TPSA) is 26.3 Å². The van der Waals surface area contributed by atoms with Gasteiger partial charge in [-0.1, -0.05) is 36.4 Å². The van der Waals surface area contributed by atoms with E-state index in [1.807, 2.05) is 25.1 Å². The van der Waals surface area contributed by atoms with Gasteiger partial charge in [0.05, 0.1) is 0 Å². The van der Waals surface area contributed by atoms with Crippen LogP contribution in [0, 0.1) is 18.8 Å². The molecule has 0 amide bonds. The van der Waals surface area contributed by atoms with E-state index in [0.717, 1.165) is 11.1 Å². The minimum absolute atomic E-state index is 0.124. The maximum Gasteiger partial charge on any atom is 0.306 e. The number of esters is 1. The number of halogens is 1. The van der Waals surface area contributed by atoms with E-state index >= 15 is 0 Å². The Morgan fingerprint density at radius 2 is 2.25 bits per heavy atom. The van der Waals surface area contributed by atoms with Crippen molar-refractivity contribution < 1.29 is 9.53 Å². The highest BCUT2D eigenvalue weighted by Gasteiger charge is 1.98. The predicted molar refractivity (Wildman–Crippen MR) is 64.3 cm³/mol. The van der Waals surface area contributed by atoms with Gasteiger partial charge in [0.15, 0.2) is 6.61 Å². The first kappa shape index (κ1) is 12.6. The standard InChI is InChI=1S/C13H13ClO2/c1-3-13(15)16-9-5-7-11-6-4-8-12(14)10(11)2/h4,6,8H,3,9H2,1-2H3. The first-order valence-electron chi connectivity index (χ1n) is 5.04. The molecule has 0 N–H and O–H groups in total. The number of benzene rings is 1. The highest BCUT2D eigenvalue weighted by molar-refractivity contribution is 6.31. The first-order valence-corrected chi connectivity index (χ1v) is 5.42. The summed E-state index contributed by atoms with van der Waals surface area (Å²) in [5.41, 5.74) is 1.80. The van der Waals surface area contributed by atoms with Gasteiger partial charge in [-0.15, -0.1) is 0 Å². The SMILES string of the molecule is CCC(=O)OCC#Cc1cccc(Cl)c1C. The molecular formula is C13H13ClO2. The molecule has 0 saturated carbocycles. The molecule has 0 heterocycles. The van der Waals surface area contributed by atoms with Gasteiger partial charge in [-0.25, -0.2) is 0 Å². The van der Waals surface area contributed by atoms with E-state index in [4.69, 9.17) is 16.3 Å². The molecule has 0 saturated heterocycles.